The Balaban J connectivity index is 1.67. The lowest BCUT2D eigenvalue weighted by molar-refractivity contribution is 0.673. The second kappa shape index (κ2) is 6.16. The van der Waals surface area contributed by atoms with E-state index in [1.807, 2.05) is 12.4 Å². The van der Waals surface area contributed by atoms with Crippen LogP contribution in [0.1, 0.15) is 29.7 Å². The number of aromatic nitrogens is 3. The minimum absolute atomic E-state index is 0.160. The summed E-state index contributed by atoms with van der Waals surface area (Å²) < 4.78 is 0. The average molecular weight is 343 g/mol. The second-order valence-electron chi connectivity index (χ2n) is 7.15. The smallest absolute Gasteiger partial charge is 0.0799 e. The van der Waals surface area contributed by atoms with Crippen LogP contribution < -0.4 is 0 Å². The lowest BCUT2D eigenvalue weighted by atomic mass is 9.86. The van der Waals surface area contributed by atoms with E-state index in [9.17, 15) is 0 Å². The molecule has 0 spiro atoms. The zero-order valence-corrected chi connectivity index (χ0v) is 14.7. The Morgan fingerprint density at radius 1 is 1.19 bits per heavy atom. The number of aromatic amines is 1. The van der Waals surface area contributed by atoms with Crippen molar-refractivity contribution in [3.8, 4) is 0 Å². The molecule has 0 amide bonds. The van der Waals surface area contributed by atoms with Gasteiger partial charge in [0, 0.05) is 22.9 Å². The molecule has 1 aromatic carbocycles. The number of pyridine rings is 1. The van der Waals surface area contributed by atoms with E-state index < -0.39 is 0 Å². The zero-order valence-electron chi connectivity index (χ0n) is 14.7. The van der Waals surface area contributed by atoms with Crippen LogP contribution >= 0.6 is 0 Å². The van der Waals surface area contributed by atoms with Crippen molar-refractivity contribution in [3.63, 3.8) is 0 Å². The maximum absolute atomic E-state index is 5.01. The maximum Gasteiger partial charge on any atom is 0.0799 e. The lowest BCUT2D eigenvalue weighted by Gasteiger charge is -2.20. The molecule has 0 saturated carbocycles. The molecule has 1 aliphatic heterocycles. The molecule has 1 aliphatic carbocycles. The summed E-state index contributed by atoms with van der Waals surface area (Å²) in [7, 11) is 0. The molecule has 0 fully saturated rings. The van der Waals surface area contributed by atoms with Crippen molar-refractivity contribution in [1.29, 1.82) is 0 Å². The van der Waals surface area contributed by atoms with Gasteiger partial charge in [-0.1, -0.05) is 6.08 Å². The molecule has 0 radical (unpaired) electrons. The van der Waals surface area contributed by atoms with Crippen molar-refractivity contribution in [2.75, 3.05) is 6.54 Å². The van der Waals surface area contributed by atoms with Crippen molar-refractivity contribution < 1.29 is 0 Å². The monoisotopic (exact) mass is 343 g/mol. The van der Waals surface area contributed by atoms with Gasteiger partial charge in [0.15, 0.2) is 0 Å². The topological polar surface area (TPSA) is 66.3 Å². The maximum atomic E-state index is 5.01. The molecule has 26 heavy (non-hydrogen) atoms. The van der Waals surface area contributed by atoms with Crippen LogP contribution in [-0.4, -0.2) is 40.7 Å². The number of benzene rings is 1. The molecule has 0 bridgehead atoms. The molecule has 2 atom stereocenters. The highest BCUT2D eigenvalue weighted by Crippen LogP contribution is 2.34. The number of hydrogen-bond acceptors (Lipinski definition) is 4. The van der Waals surface area contributed by atoms with Crippen molar-refractivity contribution in [1.82, 2.24) is 15.2 Å². The van der Waals surface area contributed by atoms with Crippen LogP contribution in [0.3, 0.4) is 0 Å². The number of H-pyrrole nitrogens is 1. The normalized spacial score (nSPS) is 22.5. The van der Waals surface area contributed by atoms with Crippen molar-refractivity contribution in [2.24, 2.45) is 15.9 Å². The quantitative estimate of drug-likeness (QED) is 0.736. The van der Waals surface area contributed by atoms with Crippen LogP contribution in [0.4, 0.5) is 0 Å². The third-order valence-electron chi connectivity index (χ3n) is 5.65. The fourth-order valence-corrected chi connectivity index (χ4v) is 4.29. The van der Waals surface area contributed by atoms with Crippen molar-refractivity contribution >= 4 is 40.8 Å². The summed E-state index contributed by atoms with van der Waals surface area (Å²) in [5.74, 6) is 0.223. The summed E-state index contributed by atoms with van der Waals surface area (Å²) >= 11 is 0. The second-order valence-corrected chi connectivity index (χ2v) is 7.15. The third-order valence-corrected chi connectivity index (χ3v) is 5.65. The largest absolute Gasteiger partial charge is 0.295 e. The summed E-state index contributed by atoms with van der Waals surface area (Å²) in [5.41, 5.74) is 6.08. The summed E-state index contributed by atoms with van der Waals surface area (Å²) in [6, 6.07) is 4.34. The highest BCUT2D eigenvalue weighted by molar-refractivity contribution is 6.07. The fourth-order valence-electron chi connectivity index (χ4n) is 4.29. The van der Waals surface area contributed by atoms with Gasteiger partial charge in [0.25, 0.3) is 0 Å². The van der Waals surface area contributed by atoms with Gasteiger partial charge >= 0.3 is 0 Å². The van der Waals surface area contributed by atoms with Gasteiger partial charge < -0.3 is 0 Å². The molecule has 5 nitrogen and oxygen atoms in total. The van der Waals surface area contributed by atoms with Gasteiger partial charge in [-0.15, -0.1) is 0 Å². The molecular formula is C21H21N5. The van der Waals surface area contributed by atoms with Crippen LogP contribution in [0, 0.1) is 5.92 Å². The minimum Gasteiger partial charge on any atom is -0.295 e. The Morgan fingerprint density at radius 3 is 2.96 bits per heavy atom. The Kier molecular flexibility index (Phi) is 3.66. The first-order valence-electron chi connectivity index (χ1n) is 9.26. The Morgan fingerprint density at radius 2 is 2.08 bits per heavy atom. The van der Waals surface area contributed by atoms with Gasteiger partial charge in [-0.05, 0) is 61.7 Å². The molecule has 3 heterocycles. The predicted octanol–water partition coefficient (Wildman–Crippen LogP) is 3.77. The first-order chi connectivity index (χ1) is 12.8. The predicted molar refractivity (Wildman–Crippen MR) is 107 cm³/mol. The molecule has 2 aromatic heterocycles. The number of aryl methyl sites for hydroxylation is 1. The summed E-state index contributed by atoms with van der Waals surface area (Å²) in [6.45, 7) is 4.43. The summed E-state index contributed by atoms with van der Waals surface area (Å²) in [6.07, 6.45) is 12.9. The van der Waals surface area contributed by atoms with Crippen molar-refractivity contribution in [3.05, 3.63) is 41.2 Å². The number of fused-ring (bicyclic) bond motifs is 5. The van der Waals surface area contributed by atoms with E-state index in [0.717, 1.165) is 36.1 Å². The molecule has 5 rings (SSSR count). The van der Waals surface area contributed by atoms with Crippen LogP contribution in [0.25, 0.3) is 27.9 Å². The first-order valence-corrected chi connectivity index (χ1v) is 9.26. The third kappa shape index (κ3) is 2.38. The Hall–Kier alpha value is -2.82. The van der Waals surface area contributed by atoms with Gasteiger partial charge in [0.1, 0.15) is 0 Å². The van der Waals surface area contributed by atoms with Crippen LogP contribution in [0.2, 0.25) is 0 Å². The van der Waals surface area contributed by atoms with E-state index in [1.165, 1.54) is 34.7 Å². The fraction of sp³-hybridized carbons (Fsp3) is 0.333. The SMILES string of the molecule is C=NC1CN=CC1/C=C/c1nc2ccc3[nH]ncc3c2c2c1CCCC2. The van der Waals surface area contributed by atoms with E-state index in [4.69, 9.17) is 4.98 Å². The van der Waals surface area contributed by atoms with Gasteiger partial charge in [-0.2, -0.15) is 5.10 Å². The van der Waals surface area contributed by atoms with Gasteiger partial charge in [-0.25, -0.2) is 4.98 Å². The molecule has 0 saturated heterocycles. The Labute approximate surface area is 152 Å². The average Bonchev–Trinajstić information content (AvgIpc) is 3.34. The van der Waals surface area contributed by atoms with E-state index in [1.54, 1.807) is 0 Å². The number of nitrogens with zero attached hydrogens (tertiary/aromatic N) is 4. The van der Waals surface area contributed by atoms with Crippen LogP contribution in [0.5, 0.6) is 0 Å². The Bertz CT molecular complexity index is 1060. The zero-order chi connectivity index (χ0) is 17.5. The van der Waals surface area contributed by atoms with E-state index in [2.05, 4.69) is 51.2 Å². The van der Waals surface area contributed by atoms with Crippen molar-refractivity contribution in [2.45, 2.75) is 31.7 Å². The molecule has 5 heteroatoms. The molecule has 3 aromatic rings. The van der Waals surface area contributed by atoms with E-state index in [0.29, 0.717) is 0 Å². The molecule has 2 unspecified atom stereocenters. The highest BCUT2D eigenvalue weighted by Gasteiger charge is 2.22. The number of aliphatic imine (C=N–C) groups is 2. The highest BCUT2D eigenvalue weighted by atomic mass is 15.1. The van der Waals surface area contributed by atoms with E-state index >= 15 is 0 Å². The van der Waals surface area contributed by atoms with Gasteiger partial charge in [-0.3, -0.25) is 15.1 Å². The van der Waals surface area contributed by atoms with Gasteiger partial charge in [0.2, 0.25) is 0 Å². The lowest BCUT2D eigenvalue weighted by Crippen LogP contribution is -2.14. The summed E-state index contributed by atoms with van der Waals surface area (Å²) in [5, 5.41) is 9.77. The van der Waals surface area contributed by atoms with Gasteiger partial charge in [0.05, 0.1) is 35.5 Å². The van der Waals surface area contributed by atoms with Crippen LogP contribution in [-0.2, 0) is 12.8 Å². The molecule has 130 valence electrons. The molecule has 1 N–H and O–H groups in total. The van der Waals surface area contributed by atoms with E-state index in [-0.39, 0.29) is 12.0 Å². The standard InChI is InChI=1S/C21H21N5/c1-22-20-12-23-10-13(20)6-7-17-14-4-2-3-5-15(14)21-16-11-24-26-18(16)8-9-19(21)25-17/h6-11,13,20H,1-5,12H2,(H,24,26)/b7-6+. The minimum atomic E-state index is 0.160. The molecule has 2 aliphatic rings. The first kappa shape index (κ1) is 15.4. The number of nitrogens with one attached hydrogen (secondary N) is 1. The molecular weight excluding hydrogens is 322 g/mol. The van der Waals surface area contributed by atoms with Crippen LogP contribution in [0.15, 0.2) is 34.4 Å². The number of hydrogen-bond donors (Lipinski definition) is 1. The summed E-state index contributed by atoms with van der Waals surface area (Å²) in [4.78, 5) is 13.6. The number of rotatable bonds is 3.